The average Bonchev–Trinajstić information content (AvgIpc) is 2.94. The van der Waals surface area contributed by atoms with Gasteiger partial charge in [0.25, 0.3) is 5.91 Å². The molecule has 2 N–H and O–H groups in total. The highest BCUT2D eigenvalue weighted by atomic mass is 79.9. The molecule has 37 heavy (non-hydrogen) atoms. The van der Waals surface area contributed by atoms with Crippen molar-refractivity contribution in [3.8, 4) is 11.5 Å². The number of hydrazone groups is 1. The van der Waals surface area contributed by atoms with Crippen LogP contribution in [-0.4, -0.2) is 24.3 Å². The second-order valence-corrected chi connectivity index (χ2v) is 9.85. The number of halogens is 2. The van der Waals surface area contributed by atoms with Crippen molar-refractivity contribution in [2.75, 3.05) is 7.11 Å². The van der Waals surface area contributed by atoms with Gasteiger partial charge in [-0.05, 0) is 56.9 Å². The monoisotopic (exact) mass is 622 g/mol. The number of methoxy groups -OCH3 is 1. The van der Waals surface area contributed by atoms with Gasteiger partial charge >= 0.3 is 0 Å². The molecular formula is C29H24Br2N2O4. The van der Waals surface area contributed by atoms with Gasteiger partial charge in [0, 0.05) is 14.5 Å². The van der Waals surface area contributed by atoms with Crippen LogP contribution in [0.1, 0.15) is 22.3 Å². The number of carbonyl (C=O) groups excluding carboxylic acids is 1. The standard InChI is InChI=1S/C29H24Br2N2O4/c1-36-26-16-21(25(31)17-27(26)37-19-20-12-14-24(30)15-13-20)18-32-33-28(34)29(35,22-8-4-2-5-9-22)23-10-6-3-7-11-23/h2-18,35H,19H2,1H3,(H,33,34). The Hall–Kier alpha value is -3.46. The van der Waals surface area contributed by atoms with Crippen molar-refractivity contribution in [1.29, 1.82) is 0 Å². The first-order valence-corrected chi connectivity index (χ1v) is 12.9. The molecule has 0 heterocycles. The fraction of sp³-hybridized carbons (Fsp3) is 0.103. The lowest BCUT2D eigenvalue weighted by atomic mass is 9.85. The van der Waals surface area contributed by atoms with Gasteiger partial charge in [0.15, 0.2) is 17.1 Å². The van der Waals surface area contributed by atoms with E-state index in [4.69, 9.17) is 9.47 Å². The molecule has 0 radical (unpaired) electrons. The SMILES string of the molecule is COc1cc(C=NNC(=O)C(O)(c2ccccc2)c2ccccc2)c(Br)cc1OCc1ccc(Br)cc1. The predicted molar refractivity (Wildman–Crippen MR) is 151 cm³/mol. The van der Waals surface area contributed by atoms with Crippen molar-refractivity contribution >= 4 is 44.0 Å². The molecule has 4 aromatic carbocycles. The first-order valence-electron chi connectivity index (χ1n) is 11.3. The summed E-state index contributed by atoms with van der Waals surface area (Å²) in [5.41, 5.74) is 3.10. The normalized spacial score (nSPS) is 11.4. The summed E-state index contributed by atoms with van der Waals surface area (Å²) < 4.78 is 13.2. The second kappa shape index (κ2) is 12.2. The Kier molecular flexibility index (Phi) is 8.76. The minimum Gasteiger partial charge on any atom is -0.493 e. The van der Waals surface area contributed by atoms with Crippen LogP contribution in [0.25, 0.3) is 0 Å². The van der Waals surface area contributed by atoms with Crippen LogP contribution >= 0.6 is 31.9 Å². The summed E-state index contributed by atoms with van der Waals surface area (Å²) in [6.07, 6.45) is 1.47. The van der Waals surface area contributed by atoms with E-state index >= 15 is 0 Å². The molecule has 0 aliphatic rings. The van der Waals surface area contributed by atoms with E-state index in [1.165, 1.54) is 6.21 Å². The van der Waals surface area contributed by atoms with Crippen molar-refractivity contribution < 1.29 is 19.4 Å². The van der Waals surface area contributed by atoms with Gasteiger partial charge in [0.2, 0.25) is 0 Å². The molecule has 0 fully saturated rings. The van der Waals surface area contributed by atoms with Gasteiger partial charge in [0.1, 0.15) is 6.61 Å². The van der Waals surface area contributed by atoms with Crippen molar-refractivity contribution in [2.45, 2.75) is 12.2 Å². The number of ether oxygens (including phenoxy) is 2. The van der Waals surface area contributed by atoms with Crippen molar-refractivity contribution in [2.24, 2.45) is 5.10 Å². The van der Waals surface area contributed by atoms with E-state index in [-0.39, 0.29) is 0 Å². The van der Waals surface area contributed by atoms with Crippen molar-refractivity contribution in [1.82, 2.24) is 5.43 Å². The van der Waals surface area contributed by atoms with Crippen LogP contribution in [0.5, 0.6) is 11.5 Å². The van der Waals surface area contributed by atoms with Gasteiger partial charge in [-0.2, -0.15) is 5.10 Å². The van der Waals surface area contributed by atoms with E-state index in [9.17, 15) is 9.90 Å². The van der Waals surface area contributed by atoms with E-state index in [0.717, 1.165) is 10.0 Å². The fourth-order valence-corrected chi connectivity index (χ4v) is 4.38. The number of hydrogen-bond acceptors (Lipinski definition) is 5. The number of rotatable bonds is 9. The molecule has 0 saturated carbocycles. The number of nitrogens with one attached hydrogen (secondary N) is 1. The Labute approximate surface area is 232 Å². The van der Waals surface area contributed by atoms with Gasteiger partial charge in [-0.15, -0.1) is 0 Å². The summed E-state index contributed by atoms with van der Waals surface area (Å²) in [7, 11) is 1.55. The molecule has 0 bridgehead atoms. The minimum absolute atomic E-state index is 0.372. The summed E-state index contributed by atoms with van der Waals surface area (Å²) in [6, 6.07) is 28.9. The third-order valence-electron chi connectivity index (χ3n) is 5.67. The Morgan fingerprint density at radius 3 is 2.08 bits per heavy atom. The topological polar surface area (TPSA) is 80.2 Å². The minimum atomic E-state index is -1.92. The number of aliphatic hydroxyl groups is 1. The molecule has 1 amide bonds. The number of benzene rings is 4. The molecule has 188 valence electrons. The predicted octanol–water partition coefficient (Wildman–Crippen LogP) is 6.19. The average molecular weight is 624 g/mol. The zero-order valence-electron chi connectivity index (χ0n) is 19.9. The quantitative estimate of drug-likeness (QED) is 0.172. The van der Waals surface area contributed by atoms with Crippen LogP contribution in [0.4, 0.5) is 0 Å². The fourth-order valence-electron chi connectivity index (χ4n) is 3.69. The molecule has 0 aliphatic carbocycles. The van der Waals surface area contributed by atoms with E-state index in [1.807, 2.05) is 36.4 Å². The first-order chi connectivity index (χ1) is 17.9. The van der Waals surface area contributed by atoms with E-state index in [2.05, 4.69) is 42.4 Å². The largest absolute Gasteiger partial charge is 0.493 e. The summed E-state index contributed by atoms with van der Waals surface area (Å²) in [4.78, 5) is 13.2. The Bertz CT molecular complexity index is 1340. The highest BCUT2D eigenvalue weighted by Crippen LogP contribution is 2.34. The Morgan fingerprint density at radius 2 is 1.51 bits per heavy atom. The highest BCUT2D eigenvalue weighted by Gasteiger charge is 2.39. The lowest BCUT2D eigenvalue weighted by molar-refractivity contribution is -0.136. The molecule has 0 saturated heterocycles. The van der Waals surface area contributed by atoms with Gasteiger partial charge in [-0.25, -0.2) is 5.43 Å². The second-order valence-electron chi connectivity index (χ2n) is 8.08. The smallest absolute Gasteiger partial charge is 0.281 e. The zero-order chi connectivity index (χ0) is 26.3. The maximum absolute atomic E-state index is 13.2. The summed E-state index contributed by atoms with van der Waals surface area (Å²) in [5, 5.41) is 15.6. The van der Waals surface area contributed by atoms with Crippen LogP contribution < -0.4 is 14.9 Å². The summed E-state index contributed by atoms with van der Waals surface area (Å²) >= 11 is 6.96. The zero-order valence-corrected chi connectivity index (χ0v) is 23.1. The van der Waals surface area contributed by atoms with Gasteiger partial charge in [-0.1, -0.05) is 88.7 Å². The molecule has 0 unspecified atom stereocenters. The Balaban J connectivity index is 1.52. The van der Waals surface area contributed by atoms with Crippen LogP contribution in [-0.2, 0) is 17.0 Å². The number of carbonyl (C=O) groups is 1. The molecule has 4 aromatic rings. The van der Waals surface area contributed by atoms with E-state index in [1.54, 1.807) is 67.8 Å². The van der Waals surface area contributed by atoms with Gasteiger partial charge in [-0.3, -0.25) is 4.79 Å². The van der Waals surface area contributed by atoms with Crippen LogP contribution in [0.3, 0.4) is 0 Å². The summed E-state index contributed by atoms with van der Waals surface area (Å²) in [6.45, 7) is 0.372. The molecule has 0 aromatic heterocycles. The number of nitrogens with zero attached hydrogens (tertiary/aromatic N) is 1. The molecule has 0 spiro atoms. The number of amides is 1. The first kappa shape index (κ1) is 26.6. The van der Waals surface area contributed by atoms with Gasteiger partial charge in [0.05, 0.1) is 13.3 Å². The maximum Gasteiger partial charge on any atom is 0.281 e. The molecule has 0 aliphatic heterocycles. The number of hydrogen-bond donors (Lipinski definition) is 2. The van der Waals surface area contributed by atoms with Crippen molar-refractivity contribution in [3.63, 3.8) is 0 Å². The van der Waals surface area contributed by atoms with Gasteiger partial charge < -0.3 is 14.6 Å². The Morgan fingerprint density at radius 1 is 0.919 bits per heavy atom. The van der Waals surface area contributed by atoms with E-state index in [0.29, 0.717) is 39.3 Å². The van der Waals surface area contributed by atoms with E-state index < -0.39 is 11.5 Å². The third-order valence-corrected chi connectivity index (χ3v) is 6.89. The lowest BCUT2D eigenvalue weighted by Gasteiger charge is -2.27. The molecule has 4 rings (SSSR count). The molecular weight excluding hydrogens is 600 g/mol. The van der Waals surface area contributed by atoms with Crippen molar-refractivity contribution in [3.05, 3.63) is 128 Å². The van der Waals surface area contributed by atoms with Crippen LogP contribution in [0.2, 0.25) is 0 Å². The van der Waals surface area contributed by atoms with Crippen LogP contribution in [0.15, 0.2) is 111 Å². The molecule has 6 nitrogen and oxygen atoms in total. The highest BCUT2D eigenvalue weighted by molar-refractivity contribution is 9.10. The molecule has 0 atom stereocenters. The summed E-state index contributed by atoms with van der Waals surface area (Å²) in [5.74, 6) is 0.387. The third kappa shape index (κ3) is 6.28. The van der Waals surface area contributed by atoms with Crippen LogP contribution in [0, 0.1) is 0 Å². The molecule has 8 heteroatoms. The maximum atomic E-state index is 13.2. The lowest BCUT2D eigenvalue weighted by Crippen LogP contribution is -2.43.